The Hall–Kier alpha value is -1.11. The normalized spacial score (nSPS) is 13.1. The van der Waals surface area contributed by atoms with Crippen LogP contribution >= 0.6 is 0 Å². The van der Waals surface area contributed by atoms with Crippen molar-refractivity contribution in [1.82, 2.24) is 4.72 Å². The van der Waals surface area contributed by atoms with E-state index in [4.69, 9.17) is 10.5 Å². The summed E-state index contributed by atoms with van der Waals surface area (Å²) >= 11 is 0. The van der Waals surface area contributed by atoms with Crippen molar-refractivity contribution in [3.63, 3.8) is 0 Å². The molecular formula is C15H26N2O3S. The summed E-state index contributed by atoms with van der Waals surface area (Å²) in [5.41, 5.74) is 6.26. The smallest absolute Gasteiger partial charge is 0.241 e. The molecule has 1 aromatic carbocycles. The molecule has 0 radical (unpaired) electrons. The topological polar surface area (TPSA) is 81.4 Å². The second kappa shape index (κ2) is 8.36. The first-order chi connectivity index (χ1) is 9.94. The van der Waals surface area contributed by atoms with Gasteiger partial charge in [-0.1, -0.05) is 19.8 Å². The summed E-state index contributed by atoms with van der Waals surface area (Å²) in [6, 6.07) is 4.89. The maximum Gasteiger partial charge on any atom is 0.241 e. The number of benzene rings is 1. The van der Waals surface area contributed by atoms with Gasteiger partial charge in [-0.2, -0.15) is 0 Å². The van der Waals surface area contributed by atoms with Crippen LogP contribution < -0.4 is 15.2 Å². The lowest BCUT2D eigenvalue weighted by Gasteiger charge is -2.16. The Morgan fingerprint density at radius 3 is 2.67 bits per heavy atom. The summed E-state index contributed by atoms with van der Waals surface area (Å²) in [4.78, 5) is 0.289. The molecule has 0 bridgehead atoms. The lowest BCUT2D eigenvalue weighted by molar-refractivity contribution is 0.413. The first kappa shape index (κ1) is 17.9. The molecule has 1 atom stereocenters. The molecule has 120 valence electrons. The van der Waals surface area contributed by atoms with Crippen LogP contribution in [0.1, 0.15) is 38.7 Å². The van der Waals surface area contributed by atoms with E-state index in [0.29, 0.717) is 24.3 Å². The average molecular weight is 314 g/mol. The fourth-order valence-corrected chi connectivity index (χ4v) is 3.72. The molecule has 21 heavy (non-hydrogen) atoms. The van der Waals surface area contributed by atoms with Crippen LogP contribution in [-0.4, -0.2) is 28.1 Å². The van der Waals surface area contributed by atoms with Gasteiger partial charge in [0.1, 0.15) is 5.75 Å². The zero-order chi connectivity index (χ0) is 15.9. The molecule has 1 aromatic rings. The molecule has 3 N–H and O–H groups in total. The van der Waals surface area contributed by atoms with Crippen molar-refractivity contribution in [2.45, 2.75) is 50.5 Å². The maximum absolute atomic E-state index is 12.5. The van der Waals surface area contributed by atoms with Gasteiger partial charge in [-0.25, -0.2) is 13.1 Å². The third-order valence-corrected chi connectivity index (χ3v) is 5.01. The number of hydrogen-bond acceptors (Lipinski definition) is 4. The molecule has 0 fully saturated rings. The molecule has 0 saturated carbocycles. The summed E-state index contributed by atoms with van der Waals surface area (Å²) in [7, 11) is -1.97. The van der Waals surface area contributed by atoms with Crippen LogP contribution in [0.15, 0.2) is 23.1 Å². The number of rotatable bonds is 9. The van der Waals surface area contributed by atoms with Crippen LogP contribution in [0.4, 0.5) is 0 Å². The molecule has 6 heteroatoms. The second-order valence-electron chi connectivity index (χ2n) is 5.18. The van der Waals surface area contributed by atoms with Gasteiger partial charge in [-0.15, -0.1) is 0 Å². The van der Waals surface area contributed by atoms with Crippen LogP contribution in [0.3, 0.4) is 0 Å². The van der Waals surface area contributed by atoms with E-state index >= 15 is 0 Å². The van der Waals surface area contributed by atoms with E-state index < -0.39 is 10.0 Å². The van der Waals surface area contributed by atoms with E-state index in [0.717, 1.165) is 19.3 Å². The van der Waals surface area contributed by atoms with E-state index in [9.17, 15) is 8.42 Å². The highest BCUT2D eigenvalue weighted by Crippen LogP contribution is 2.22. The average Bonchev–Trinajstić information content (AvgIpc) is 2.44. The van der Waals surface area contributed by atoms with Gasteiger partial charge in [0.05, 0.1) is 12.0 Å². The summed E-state index contributed by atoms with van der Waals surface area (Å²) in [6.07, 6.45) is 3.38. The Kier molecular flexibility index (Phi) is 7.14. The second-order valence-corrected chi connectivity index (χ2v) is 6.86. The van der Waals surface area contributed by atoms with Gasteiger partial charge in [-0.3, -0.25) is 0 Å². The molecule has 1 unspecified atom stereocenters. The summed E-state index contributed by atoms with van der Waals surface area (Å²) in [6.45, 7) is 4.37. The van der Waals surface area contributed by atoms with E-state index in [1.807, 2.05) is 6.92 Å². The van der Waals surface area contributed by atoms with Crippen molar-refractivity contribution in [2.75, 3.05) is 13.7 Å². The fourth-order valence-electron chi connectivity index (χ4n) is 2.19. The van der Waals surface area contributed by atoms with Crippen molar-refractivity contribution in [3.8, 4) is 5.75 Å². The highest BCUT2D eigenvalue weighted by molar-refractivity contribution is 7.89. The molecule has 0 aliphatic heterocycles. The van der Waals surface area contributed by atoms with Crippen LogP contribution in [0.2, 0.25) is 0 Å². The van der Waals surface area contributed by atoms with Crippen molar-refractivity contribution in [2.24, 2.45) is 5.73 Å². The number of methoxy groups -OCH3 is 1. The van der Waals surface area contributed by atoms with Gasteiger partial charge in [0.25, 0.3) is 0 Å². The third-order valence-electron chi connectivity index (χ3n) is 3.32. The van der Waals surface area contributed by atoms with Crippen molar-refractivity contribution in [1.29, 1.82) is 0 Å². The van der Waals surface area contributed by atoms with Gasteiger partial charge in [-0.05, 0) is 50.1 Å². The Balaban J connectivity index is 3.01. The monoisotopic (exact) mass is 314 g/mol. The van der Waals surface area contributed by atoms with Gasteiger partial charge >= 0.3 is 0 Å². The van der Waals surface area contributed by atoms with Crippen LogP contribution in [0, 0.1) is 0 Å². The van der Waals surface area contributed by atoms with Crippen LogP contribution in [0.5, 0.6) is 5.75 Å². The quantitative estimate of drug-likeness (QED) is 0.731. The Labute approximate surface area is 127 Å². The molecule has 0 amide bonds. The Bertz CT molecular complexity index is 544. The molecule has 5 nitrogen and oxygen atoms in total. The highest BCUT2D eigenvalue weighted by atomic mass is 32.2. The van der Waals surface area contributed by atoms with Gasteiger partial charge in [0, 0.05) is 6.04 Å². The van der Waals surface area contributed by atoms with E-state index in [1.165, 1.54) is 0 Å². The minimum absolute atomic E-state index is 0.0808. The zero-order valence-corrected chi connectivity index (χ0v) is 13.9. The molecule has 0 saturated heterocycles. The van der Waals surface area contributed by atoms with Gasteiger partial charge in [0.15, 0.2) is 0 Å². The number of ether oxygens (including phenoxy) is 1. The zero-order valence-electron chi connectivity index (χ0n) is 13.1. The molecule has 0 heterocycles. The van der Waals surface area contributed by atoms with Crippen LogP contribution in [-0.2, 0) is 16.4 Å². The number of nitrogens with one attached hydrogen (secondary N) is 1. The highest BCUT2D eigenvalue weighted by Gasteiger charge is 2.20. The molecule has 0 spiro atoms. The molecule has 0 aliphatic carbocycles. The standard InChI is InChI=1S/C15H26N2O3S/c1-4-5-6-12(2)17-21(18,19)15-8-7-14(20-3)11-13(15)9-10-16/h7-8,11-12,17H,4-6,9-10,16H2,1-3H3. The van der Waals surface area contributed by atoms with Gasteiger partial charge in [0.2, 0.25) is 10.0 Å². The predicted molar refractivity (Wildman–Crippen MR) is 85.1 cm³/mol. The van der Waals surface area contributed by atoms with E-state index in [2.05, 4.69) is 11.6 Å². The predicted octanol–water partition coefficient (Wildman–Crippen LogP) is 2.05. The lowest BCUT2D eigenvalue weighted by atomic mass is 10.1. The minimum atomic E-state index is -3.53. The first-order valence-corrected chi connectivity index (χ1v) is 8.82. The SMILES string of the molecule is CCCCC(C)NS(=O)(=O)c1ccc(OC)cc1CCN. The van der Waals surface area contributed by atoms with E-state index in [-0.39, 0.29) is 10.9 Å². The lowest BCUT2D eigenvalue weighted by Crippen LogP contribution is -2.33. The molecular weight excluding hydrogens is 288 g/mol. The van der Waals surface area contributed by atoms with E-state index in [1.54, 1.807) is 25.3 Å². The van der Waals surface area contributed by atoms with Crippen molar-refractivity contribution < 1.29 is 13.2 Å². The summed E-state index contributed by atoms with van der Waals surface area (Å²) < 4.78 is 32.9. The number of hydrogen-bond donors (Lipinski definition) is 2. The van der Waals surface area contributed by atoms with Gasteiger partial charge < -0.3 is 10.5 Å². The summed E-state index contributed by atoms with van der Waals surface area (Å²) in [5.74, 6) is 0.636. The third kappa shape index (κ3) is 5.30. The maximum atomic E-state index is 12.5. The fraction of sp³-hybridized carbons (Fsp3) is 0.600. The van der Waals surface area contributed by atoms with Crippen molar-refractivity contribution in [3.05, 3.63) is 23.8 Å². The molecule has 0 aromatic heterocycles. The molecule has 1 rings (SSSR count). The minimum Gasteiger partial charge on any atom is -0.497 e. The molecule has 0 aliphatic rings. The van der Waals surface area contributed by atoms with Crippen LogP contribution in [0.25, 0.3) is 0 Å². The number of sulfonamides is 1. The Morgan fingerprint density at radius 1 is 1.38 bits per heavy atom. The first-order valence-electron chi connectivity index (χ1n) is 7.34. The number of unbranched alkanes of at least 4 members (excludes halogenated alkanes) is 1. The number of nitrogens with two attached hydrogens (primary N) is 1. The van der Waals surface area contributed by atoms with Crippen molar-refractivity contribution >= 4 is 10.0 Å². The Morgan fingerprint density at radius 2 is 2.10 bits per heavy atom. The summed E-state index contributed by atoms with van der Waals surface area (Å²) in [5, 5.41) is 0. The largest absolute Gasteiger partial charge is 0.497 e.